The van der Waals surface area contributed by atoms with E-state index >= 15 is 0 Å². The van der Waals surface area contributed by atoms with Gasteiger partial charge in [-0.15, -0.1) is 0 Å². The molecular weight excluding hydrogens is 373 g/mol. The number of nitrogens with one attached hydrogen (secondary N) is 1. The molecule has 7 heteroatoms. The summed E-state index contributed by atoms with van der Waals surface area (Å²) in [6.45, 7) is 0.908. The molecule has 1 fully saturated rings. The number of piperidine rings is 1. The van der Waals surface area contributed by atoms with Gasteiger partial charge in [0.1, 0.15) is 5.82 Å². The molecule has 2 heterocycles. The van der Waals surface area contributed by atoms with Gasteiger partial charge in [-0.05, 0) is 61.2 Å². The smallest absolute Gasteiger partial charge is 0.261 e. The minimum Gasteiger partial charge on any atom is -0.392 e. The van der Waals surface area contributed by atoms with Gasteiger partial charge in [0.2, 0.25) is 0 Å². The Balaban J connectivity index is 1.58. The second-order valence-electron chi connectivity index (χ2n) is 7.60. The van der Waals surface area contributed by atoms with Gasteiger partial charge in [-0.25, -0.2) is 9.37 Å². The lowest BCUT2D eigenvalue weighted by atomic mass is 9.96. The van der Waals surface area contributed by atoms with Gasteiger partial charge in [-0.1, -0.05) is 18.2 Å². The molecule has 0 amide bonds. The Morgan fingerprint density at radius 1 is 1.24 bits per heavy atom. The van der Waals surface area contributed by atoms with E-state index < -0.39 is 12.2 Å². The van der Waals surface area contributed by atoms with Crippen molar-refractivity contribution in [3.8, 4) is 11.1 Å². The first-order valence-corrected chi connectivity index (χ1v) is 9.86. The van der Waals surface area contributed by atoms with E-state index in [1.807, 2.05) is 0 Å². The van der Waals surface area contributed by atoms with Crippen molar-refractivity contribution in [1.29, 1.82) is 0 Å². The first-order valence-electron chi connectivity index (χ1n) is 9.86. The Kier molecular flexibility index (Phi) is 5.71. The van der Waals surface area contributed by atoms with E-state index in [9.17, 15) is 19.4 Å². The number of aromatic nitrogens is 2. The molecule has 29 heavy (non-hydrogen) atoms. The highest BCUT2D eigenvalue weighted by atomic mass is 19.1. The van der Waals surface area contributed by atoms with Crippen molar-refractivity contribution in [2.45, 2.75) is 44.1 Å². The normalized spacial score (nSPS) is 20.7. The van der Waals surface area contributed by atoms with Gasteiger partial charge >= 0.3 is 0 Å². The fourth-order valence-corrected chi connectivity index (χ4v) is 3.91. The number of nitrogens with zero attached hydrogens (tertiary/aromatic N) is 2. The van der Waals surface area contributed by atoms with Crippen LogP contribution in [0.1, 0.15) is 19.3 Å². The zero-order valence-electron chi connectivity index (χ0n) is 16.0. The highest BCUT2D eigenvalue weighted by Crippen LogP contribution is 2.23. The molecule has 0 unspecified atom stereocenters. The van der Waals surface area contributed by atoms with Crippen molar-refractivity contribution >= 4 is 10.9 Å². The lowest BCUT2D eigenvalue weighted by Gasteiger charge is -2.30. The maximum absolute atomic E-state index is 13.5. The Morgan fingerprint density at radius 2 is 2.07 bits per heavy atom. The molecule has 0 bridgehead atoms. The summed E-state index contributed by atoms with van der Waals surface area (Å²) >= 11 is 0. The molecule has 0 saturated carbocycles. The predicted octanol–water partition coefficient (Wildman–Crippen LogP) is 2.07. The van der Waals surface area contributed by atoms with Crippen molar-refractivity contribution in [3.63, 3.8) is 0 Å². The third-order valence-corrected chi connectivity index (χ3v) is 5.46. The average Bonchev–Trinajstić information content (AvgIpc) is 2.72. The number of aliphatic hydroxyl groups excluding tert-OH is 2. The Bertz CT molecular complexity index is 1070. The number of halogens is 1. The number of fused-ring (bicyclic) bond motifs is 1. The van der Waals surface area contributed by atoms with Crippen LogP contribution in [-0.2, 0) is 6.54 Å². The molecule has 6 nitrogen and oxygen atoms in total. The van der Waals surface area contributed by atoms with Gasteiger partial charge in [0.25, 0.3) is 5.56 Å². The number of rotatable bonds is 5. The summed E-state index contributed by atoms with van der Waals surface area (Å²) in [5.74, 6) is -0.340. The van der Waals surface area contributed by atoms with Crippen molar-refractivity contribution in [2.24, 2.45) is 0 Å². The number of hydrogen-bond acceptors (Lipinski definition) is 5. The summed E-state index contributed by atoms with van der Waals surface area (Å²) in [6.07, 6.45) is 2.14. The number of aliphatic hydroxyl groups is 2. The summed E-state index contributed by atoms with van der Waals surface area (Å²) in [6, 6.07) is 11.3. The Labute approximate surface area is 167 Å². The third kappa shape index (κ3) is 4.37. The van der Waals surface area contributed by atoms with E-state index in [-0.39, 0.29) is 24.0 Å². The monoisotopic (exact) mass is 397 g/mol. The van der Waals surface area contributed by atoms with E-state index in [2.05, 4.69) is 10.3 Å². The highest BCUT2D eigenvalue weighted by molar-refractivity contribution is 5.83. The maximum atomic E-state index is 13.5. The van der Waals surface area contributed by atoms with E-state index in [1.54, 1.807) is 30.3 Å². The molecule has 1 saturated heterocycles. The van der Waals surface area contributed by atoms with Crippen molar-refractivity contribution in [2.75, 3.05) is 6.54 Å². The second-order valence-corrected chi connectivity index (χ2v) is 7.60. The van der Waals surface area contributed by atoms with E-state index in [1.165, 1.54) is 23.0 Å². The highest BCUT2D eigenvalue weighted by Gasteiger charge is 2.25. The predicted molar refractivity (Wildman–Crippen MR) is 109 cm³/mol. The van der Waals surface area contributed by atoms with Crippen LogP contribution in [0.15, 0.2) is 53.6 Å². The van der Waals surface area contributed by atoms with Gasteiger partial charge in [0.05, 0.1) is 36.0 Å². The van der Waals surface area contributed by atoms with Crippen LogP contribution in [0.5, 0.6) is 0 Å². The third-order valence-electron chi connectivity index (χ3n) is 5.46. The summed E-state index contributed by atoms with van der Waals surface area (Å²) in [5.41, 5.74) is 1.69. The topological polar surface area (TPSA) is 87.4 Å². The van der Waals surface area contributed by atoms with Crippen molar-refractivity contribution in [1.82, 2.24) is 14.9 Å². The van der Waals surface area contributed by atoms with Crippen LogP contribution in [-0.4, -0.2) is 44.6 Å². The van der Waals surface area contributed by atoms with Crippen LogP contribution in [0.3, 0.4) is 0 Å². The molecule has 4 rings (SSSR count). The minimum absolute atomic E-state index is 0.0941. The van der Waals surface area contributed by atoms with Gasteiger partial charge in [-0.3, -0.25) is 9.36 Å². The molecule has 3 N–H and O–H groups in total. The summed E-state index contributed by atoms with van der Waals surface area (Å²) in [4.78, 5) is 17.3. The van der Waals surface area contributed by atoms with Crippen LogP contribution in [0.4, 0.5) is 4.39 Å². The molecule has 2 aromatic carbocycles. The fourth-order valence-electron chi connectivity index (χ4n) is 3.91. The van der Waals surface area contributed by atoms with Gasteiger partial charge in [0.15, 0.2) is 0 Å². The summed E-state index contributed by atoms with van der Waals surface area (Å²) < 4.78 is 14.9. The van der Waals surface area contributed by atoms with Crippen LogP contribution in [0.25, 0.3) is 22.0 Å². The lowest BCUT2D eigenvalue weighted by molar-refractivity contribution is 0.0539. The van der Waals surface area contributed by atoms with Crippen LogP contribution in [0.2, 0.25) is 0 Å². The average molecular weight is 397 g/mol. The Morgan fingerprint density at radius 3 is 2.86 bits per heavy atom. The Hall–Kier alpha value is -2.61. The van der Waals surface area contributed by atoms with Gasteiger partial charge in [0, 0.05) is 6.04 Å². The standard InChI is InChI=1S/C22H24FN3O3/c23-16-4-1-3-14(9-16)15-6-7-19-18(10-15)22(29)26(13-25-19)12-17(27)11-20-21(28)5-2-8-24-20/h1,3-4,6-7,9-10,13,17,20-21,24,27-28H,2,5,8,11-12H2/t17-,20+,21-/m0/s1. The molecule has 0 radical (unpaired) electrons. The van der Waals surface area contributed by atoms with Crippen LogP contribution >= 0.6 is 0 Å². The molecule has 1 aromatic heterocycles. The lowest BCUT2D eigenvalue weighted by Crippen LogP contribution is -2.47. The van der Waals surface area contributed by atoms with Crippen molar-refractivity contribution < 1.29 is 14.6 Å². The van der Waals surface area contributed by atoms with E-state index in [0.717, 1.165) is 18.5 Å². The second kappa shape index (κ2) is 8.41. The van der Waals surface area contributed by atoms with Crippen LogP contribution in [0, 0.1) is 5.82 Å². The zero-order chi connectivity index (χ0) is 20.4. The molecule has 3 aromatic rings. The first-order chi connectivity index (χ1) is 14.0. The zero-order valence-corrected chi connectivity index (χ0v) is 16.0. The van der Waals surface area contributed by atoms with Crippen LogP contribution < -0.4 is 10.9 Å². The molecule has 3 atom stereocenters. The summed E-state index contributed by atoms with van der Waals surface area (Å²) in [7, 11) is 0. The van der Waals surface area contributed by atoms with Gasteiger partial charge < -0.3 is 15.5 Å². The maximum Gasteiger partial charge on any atom is 0.261 e. The molecule has 0 aliphatic carbocycles. The van der Waals surface area contributed by atoms with Gasteiger partial charge in [-0.2, -0.15) is 0 Å². The van der Waals surface area contributed by atoms with E-state index in [4.69, 9.17) is 0 Å². The minimum atomic E-state index is -0.788. The number of hydrogen-bond donors (Lipinski definition) is 3. The molecule has 1 aliphatic heterocycles. The molecule has 152 valence electrons. The summed E-state index contributed by atoms with van der Waals surface area (Å²) in [5, 5.41) is 24.1. The number of benzene rings is 2. The SMILES string of the molecule is O=c1c2cc(-c3cccc(F)c3)ccc2ncn1C[C@@H](O)C[C@H]1NCCC[C@@H]1O. The van der Waals surface area contributed by atoms with Crippen molar-refractivity contribution in [3.05, 3.63) is 65.0 Å². The molecular formula is C22H24FN3O3. The quantitative estimate of drug-likeness (QED) is 0.614. The first kappa shape index (κ1) is 19.7. The molecule has 1 aliphatic rings. The van der Waals surface area contributed by atoms with E-state index in [0.29, 0.717) is 29.3 Å². The largest absolute Gasteiger partial charge is 0.392 e. The fraction of sp³-hybridized carbons (Fsp3) is 0.364. The molecule has 0 spiro atoms.